The zero-order valence-corrected chi connectivity index (χ0v) is 18.8. The molecule has 4 aromatic rings. The van der Waals surface area contributed by atoms with Gasteiger partial charge in [-0.15, -0.1) is 0 Å². The molecule has 0 spiro atoms. The van der Waals surface area contributed by atoms with E-state index in [1.54, 1.807) is 26.6 Å². The molecule has 3 aromatic carbocycles. The second-order valence-corrected chi connectivity index (χ2v) is 7.66. The minimum absolute atomic E-state index is 0.0479. The summed E-state index contributed by atoms with van der Waals surface area (Å²) in [7, 11) is 3.21. The number of methoxy groups -OCH3 is 2. The van der Waals surface area contributed by atoms with E-state index in [2.05, 4.69) is 17.1 Å². The summed E-state index contributed by atoms with van der Waals surface area (Å²) in [5.74, 6) is 1.24. The molecule has 0 radical (unpaired) electrons. The van der Waals surface area contributed by atoms with Gasteiger partial charge < -0.3 is 14.4 Å². The molecule has 0 fully saturated rings. The van der Waals surface area contributed by atoms with Gasteiger partial charge in [-0.25, -0.2) is 0 Å². The molecule has 0 atom stereocenters. The SMILES string of the molecule is COc1ccc(CN(Cc2cccnc2)C(=O)c2ccc(-c3ccccc3)cc2)cc1OC. The van der Waals surface area contributed by atoms with Gasteiger partial charge in [0.1, 0.15) is 0 Å². The van der Waals surface area contributed by atoms with Crippen LogP contribution in [-0.4, -0.2) is 30.0 Å². The maximum atomic E-state index is 13.5. The second kappa shape index (κ2) is 10.5. The first-order valence-electron chi connectivity index (χ1n) is 10.7. The fraction of sp³-hybridized carbons (Fsp3) is 0.143. The summed E-state index contributed by atoms with van der Waals surface area (Å²) >= 11 is 0. The lowest BCUT2D eigenvalue weighted by molar-refractivity contribution is 0.0729. The highest BCUT2D eigenvalue weighted by Crippen LogP contribution is 2.28. The minimum atomic E-state index is -0.0479. The highest BCUT2D eigenvalue weighted by molar-refractivity contribution is 5.94. The highest BCUT2D eigenvalue weighted by atomic mass is 16.5. The summed E-state index contributed by atoms with van der Waals surface area (Å²) in [5.41, 5.74) is 4.75. The van der Waals surface area contributed by atoms with Crippen LogP contribution in [-0.2, 0) is 13.1 Å². The number of benzene rings is 3. The Labute approximate surface area is 194 Å². The number of hydrogen-bond donors (Lipinski definition) is 0. The fourth-order valence-corrected chi connectivity index (χ4v) is 3.73. The van der Waals surface area contributed by atoms with Gasteiger partial charge in [-0.05, 0) is 52.6 Å². The molecule has 0 N–H and O–H groups in total. The number of pyridine rings is 1. The second-order valence-electron chi connectivity index (χ2n) is 7.66. The minimum Gasteiger partial charge on any atom is -0.493 e. The number of carbonyl (C=O) groups excluding carboxylic acids is 1. The highest BCUT2D eigenvalue weighted by Gasteiger charge is 2.18. The Hall–Kier alpha value is -4.12. The van der Waals surface area contributed by atoms with Crippen LogP contribution in [0.1, 0.15) is 21.5 Å². The number of nitrogens with zero attached hydrogens (tertiary/aromatic N) is 2. The average molecular weight is 439 g/mol. The number of amides is 1. The normalized spacial score (nSPS) is 10.5. The van der Waals surface area contributed by atoms with Crippen LogP contribution in [0.25, 0.3) is 11.1 Å². The van der Waals surface area contributed by atoms with Crippen LogP contribution in [0.5, 0.6) is 11.5 Å². The smallest absolute Gasteiger partial charge is 0.254 e. The summed E-state index contributed by atoms with van der Waals surface area (Å²) in [6.07, 6.45) is 3.51. The predicted molar refractivity (Wildman–Crippen MR) is 129 cm³/mol. The molecule has 0 aliphatic rings. The molecular weight excluding hydrogens is 412 g/mol. The van der Waals surface area contributed by atoms with E-state index >= 15 is 0 Å². The largest absolute Gasteiger partial charge is 0.493 e. The van der Waals surface area contributed by atoms with Crippen molar-refractivity contribution in [1.82, 2.24) is 9.88 Å². The molecule has 0 unspecified atom stereocenters. The number of ether oxygens (including phenoxy) is 2. The van der Waals surface area contributed by atoms with Crippen molar-refractivity contribution >= 4 is 5.91 Å². The van der Waals surface area contributed by atoms with E-state index in [4.69, 9.17) is 9.47 Å². The Morgan fingerprint density at radius 3 is 2.12 bits per heavy atom. The molecule has 4 rings (SSSR count). The van der Waals surface area contributed by atoms with E-state index < -0.39 is 0 Å². The maximum absolute atomic E-state index is 13.5. The molecule has 1 aromatic heterocycles. The molecule has 1 heterocycles. The maximum Gasteiger partial charge on any atom is 0.254 e. The van der Waals surface area contributed by atoms with Gasteiger partial charge in [0.2, 0.25) is 0 Å². The molecule has 33 heavy (non-hydrogen) atoms. The molecule has 0 bridgehead atoms. The van der Waals surface area contributed by atoms with Gasteiger partial charge in [0, 0.05) is 31.0 Å². The van der Waals surface area contributed by atoms with E-state index in [9.17, 15) is 4.79 Å². The summed E-state index contributed by atoms with van der Waals surface area (Å²) in [6, 6.07) is 27.4. The average Bonchev–Trinajstić information content (AvgIpc) is 2.89. The van der Waals surface area contributed by atoms with Crippen LogP contribution in [0.2, 0.25) is 0 Å². The first-order chi connectivity index (χ1) is 16.2. The van der Waals surface area contributed by atoms with Crippen LogP contribution in [0, 0.1) is 0 Å². The molecule has 5 nitrogen and oxygen atoms in total. The third-order valence-corrected chi connectivity index (χ3v) is 5.44. The topological polar surface area (TPSA) is 51.7 Å². The third-order valence-electron chi connectivity index (χ3n) is 5.44. The van der Waals surface area contributed by atoms with Crippen LogP contribution in [0.3, 0.4) is 0 Å². The van der Waals surface area contributed by atoms with Gasteiger partial charge in [0.05, 0.1) is 14.2 Å². The Morgan fingerprint density at radius 2 is 1.45 bits per heavy atom. The van der Waals surface area contributed by atoms with Crippen molar-refractivity contribution < 1.29 is 14.3 Å². The number of aromatic nitrogens is 1. The molecule has 1 amide bonds. The van der Waals surface area contributed by atoms with Gasteiger partial charge in [-0.2, -0.15) is 0 Å². The summed E-state index contributed by atoms with van der Waals surface area (Å²) in [4.78, 5) is 19.5. The molecule has 166 valence electrons. The van der Waals surface area contributed by atoms with Crippen molar-refractivity contribution in [2.75, 3.05) is 14.2 Å². The number of rotatable bonds is 8. The van der Waals surface area contributed by atoms with Crippen molar-refractivity contribution in [2.24, 2.45) is 0 Å². The fourth-order valence-electron chi connectivity index (χ4n) is 3.73. The lowest BCUT2D eigenvalue weighted by atomic mass is 10.0. The van der Waals surface area contributed by atoms with Crippen LogP contribution in [0.15, 0.2) is 97.3 Å². The predicted octanol–water partition coefficient (Wildman–Crippen LogP) is 5.61. The molecule has 5 heteroatoms. The zero-order valence-electron chi connectivity index (χ0n) is 18.8. The van der Waals surface area contributed by atoms with E-state index in [1.165, 1.54) is 0 Å². The van der Waals surface area contributed by atoms with Crippen molar-refractivity contribution in [3.8, 4) is 22.6 Å². The monoisotopic (exact) mass is 438 g/mol. The number of hydrogen-bond acceptors (Lipinski definition) is 4. The van der Waals surface area contributed by atoms with E-state index in [1.807, 2.05) is 77.7 Å². The molecule has 0 saturated carbocycles. The quantitative estimate of drug-likeness (QED) is 0.359. The van der Waals surface area contributed by atoms with Gasteiger partial charge in [-0.3, -0.25) is 9.78 Å². The van der Waals surface area contributed by atoms with Crippen LogP contribution in [0.4, 0.5) is 0 Å². The lowest BCUT2D eigenvalue weighted by Crippen LogP contribution is -2.30. The van der Waals surface area contributed by atoms with Gasteiger partial charge in [0.25, 0.3) is 5.91 Å². The standard InChI is InChI=1S/C28H26N2O3/c1-32-26-15-10-21(17-27(26)33-2)19-30(20-22-7-6-16-29-18-22)28(31)25-13-11-24(12-14-25)23-8-4-3-5-9-23/h3-18H,19-20H2,1-2H3. The Morgan fingerprint density at radius 1 is 0.758 bits per heavy atom. The van der Waals surface area contributed by atoms with Gasteiger partial charge in [-0.1, -0.05) is 54.6 Å². The van der Waals surface area contributed by atoms with Crippen molar-refractivity contribution in [2.45, 2.75) is 13.1 Å². The Bertz CT molecular complexity index is 1190. The molecule has 0 aliphatic carbocycles. The first kappa shape index (κ1) is 22.1. The third kappa shape index (κ3) is 5.39. The number of carbonyl (C=O) groups is 1. The van der Waals surface area contributed by atoms with E-state index in [0.717, 1.165) is 22.3 Å². The van der Waals surface area contributed by atoms with Crippen molar-refractivity contribution in [3.63, 3.8) is 0 Å². The van der Waals surface area contributed by atoms with Crippen LogP contribution < -0.4 is 9.47 Å². The van der Waals surface area contributed by atoms with Crippen molar-refractivity contribution in [1.29, 1.82) is 0 Å². The van der Waals surface area contributed by atoms with Crippen LogP contribution >= 0.6 is 0 Å². The van der Waals surface area contributed by atoms with E-state index in [-0.39, 0.29) is 5.91 Å². The summed E-state index contributed by atoms with van der Waals surface area (Å²) in [5, 5.41) is 0. The summed E-state index contributed by atoms with van der Waals surface area (Å²) in [6.45, 7) is 0.871. The van der Waals surface area contributed by atoms with Crippen molar-refractivity contribution in [3.05, 3.63) is 114 Å². The van der Waals surface area contributed by atoms with Gasteiger partial charge in [0.15, 0.2) is 11.5 Å². The Kier molecular flexibility index (Phi) is 7.00. The summed E-state index contributed by atoms with van der Waals surface area (Å²) < 4.78 is 10.8. The lowest BCUT2D eigenvalue weighted by Gasteiger charge is -2.24. The van der Waals surface area contributed by atoms with Gasteiger partial charge >= 0.3 is 0 Å². The molecular formula is C28H26N2O3. The first-order valence-corrected chi connectivity index (χ1v) is 10.7. The molecule has 0 aliphatic heterocycles. The zero-order chi connectivity index (χ0) is 23.0. The molecule has 0 saturated heterocycles. The van der Waals surface area contributed by atoms with E-state index in [0.29, 0.717) is 30.2 Å². The Balaban J connectivity index is 1.61.